The number of urea groups is 1. The third kappa shape index (κ3) is 3.94. The van der Waals surface area contributed by atoms with Crippen LogP contribution in [0.4, 0.5) is 14.9 Å². The first-order chi connectivity index (χ1) is 11.9. The molecule has 9 heteroatoms. The highest BCUT2D eigenvalue weighted by molar-refractivity contribution is 7.91. The quantitative estimate of drug-likeness (QED) is 0.847. The predicted molar refractivity (Wildman–Crippen MR) is 91.8 cm³/mol. The molecule has 2 aliphatic heterocycles. The summed E-state index contributed by atoms with van der Waals surface area (Å²) in [6.45, 7) is 2.08. The topological polar surface area (TPSA) is 79.0 Å². The Morgan fingerprint density at radius 2 is 2.00 bits per heavy atom. The van der Waals surface area contributed by atoms with E-state index in [2.05, 4.69) is 10.2 Å². The third-order valence-electron chi connectivity index (χ3n) is 4.75. The smallest absolute Gasteiger partial charge is 0.322 e. The number of carbonyl (C=O) groups is 1. The van der Waals surface area contributed by atoms with Crippen LogP contribution in [0.15, 0.2) is 24.3 Å². The minimum absolute atomic E-state index is 0.0326. The number of hydrogen-bond donors (Lipinski definition) is 1. The lowest BCUT2D eigenvalue weighted by atomic mass is 10.1. The van der Waals surface area contributed by atoms with Crippen LogP contribution in [0.3, 0.4) is 0 Å². The average molecular weight is 371 g/mol. The largest absolute Gasteiger partial charge is 0.383 e. The summed E-state index contributed by atoms with van der Waals surface area (Å²) in [6.07, 6.45) is 0. The van der Waals surface area contributed by atoms with Crippen LogP contribution in [0, 0.1) is 5.82 Å². The van der Waals surface area contributed by atoms with E-state index in [0.717, 1.165) is 0 Å². The molecule has 2 aliphatic rings. The van der Waals surface area contributed by atoms with Crippen LogP contribution in [-0.4, -0.2) is 81.2 Å². The number of piperazine rings is 1. The predicted octanol–water partition coefficient (Wildman–Crippen LogP) is 0.787. The molecule has 138 valence electrons. The van der Waals surface area contributed by atoms with E-state index >= 15 is 0 Å². The van der Waals surface area contributed by atoms with Gasteiger partial charge in [0.05, 0.1) is 29.8 Å². The maximum Gasteiger partial charge on any atom is 0.322 e. The van der Waals surface area contributed by atoms with Crippen LogP contribution in [0.2, 0.25) is 0 Å². The van der Waals surface area contributed by atoms with E-state index in [1.165, 1.54) is 17.0 Å². The molecule has 2 fully saturated rings. The second-order valence-corrected chi connectivity index (χ2v) is 8.50. The Hall–Kier alpha value is -1.71. The van der Waals surface area contributed by atoms with Gasteiger partial charge in [0, 0.05) is 32.8 Å². The number of halogens is 1. The van der Waals surface area contributed by atoms with Crippen molar-refractivity contribution in [3.63, 3.8) is 0 Å². The van der Waals surface area contributed by atoms with E-state index in [0.29, 0.717) is 26.2 Å². The Bertz CT molecular complexity index is 743. The van der Waals surface area contributed by atoms with E-state index in [9.17, 15) is 17.6 Å². The van der Waals surface area contributed by atoms with Crippen molar-refractivity contribution in [3.8, 4) is 0 Å². The standard InChI is InChI=1S/C16H22FN3O4S/c1-24-9-8-19-6-7-20(15-11-25(22,23)10-14(15)19)16(21)18-13-5-3-2-4-12(13)17/h2-5,14-15H,6-11H2,1H3,(H,18,21). The number of anilines is 1. The molecule has 0 radical (unpaired) electrons. The molecule has 0 saturated carbocycles. The number of benzene rings is 1. The van der Waals surface area contributed by atoms with Crippen LogP contribution in [0.25, 0.3) is 0 Å². The van der Waals surface area contributed by atoms with Crippen molar-refractivity contribution in [2.24, 2.45) is 0 Å². The average Bonchev–Trinajstić information content (AvgIpc) is 2.89. The van der Waals surface area contributed by atoms with E-state index in [1.54, 1.807) is 19.2 Å². The normalized spacial score (nSPS) is 25.6. The van der Waals surface area contributed by atoms with Crippen molar-refractivity contribution in [2.75, 3.05) is 50.2 Å². The highest BCUT2D eigenvalue weighted by atomic mass is 32.2. The molecule has 0 aliphatic carbocycles. The van der Waals surface area contributed by atoms with Gasteiger partial charge in [-0.1, -0.05) is 12.1 Å². The molecular formula is C16H22FN3O4S. The number of fused-ring (bicyclic) bond motifs is 1. The van der Waals surface area contributed by atoms with Crippen LogP contribution in [-0.2, 0) is 14.6 Å². The van der Waals surface area contributed by atoms with Gasteiger partial charge in [-0.2, -0.15) is 0 Å². The van der Waals surface area contributed by atoms with Crippen molar-refractivity contribution in [1.29, 1.82) is 0 Å². The molecule has 3 rings (SSSR count). The highest BCUT2D eigenvalue weighted by Crippen LogP contribution is 2.27. The molecule has 2 unspecified atom stereocenters. The molecule has 1 N–H and O–H groups in total. The van der Waals surface area contributed by atoms with Crippen molar-refractivity contribution >= 4 is 21.6 Å². The van der Waals surface area contributed by atoms with E-state index < -0.39 is 27.7 Å². The summed E-state index contributed by atoms with van der Waals surface area (Å²) in [6, 6.07) is 4.77. The van der Waals surface area contributed by atoms with Gasteiger partial charge in [-0.3, -0.25) is 4.90 Å². The van der Waals surface area contributed by atoms with Gasteiger partial charge in [0.1, 0.15) is 5.82 Å². The van der Waals surface area contributed by atoms with Crippen LogP contribution in [0.5, 0.6) is 0 Å². The molecule has 7 nitrogen and oxygen atoms in total. The van der Waals surface area contributed by atoms with Gasteiger partial charge in [-0.05, 0) is 12.1 Å². The van der Waals surface area contributed by atoms with Gasteiger partial charge >= 0.3 is 6.03 Å². The number of nitrogens with zero attached hydrogens (tertiary/aromatic N) is 2. The number of para-hydroxylation sites is 1. The Labute approximate surface area is 146 Å². The summed E-state index contributed by atoms with van der Waals surface area (Å²) < 4.78 is 43.1. The number of nitrogens with one attached hydrogen (secondary N) is 1. The van der Waals surface area contributed by atoms with Gasteiger partial charge < -0.3 is 15.0 Å². The Balaban J connectivity index is 1.76. The Morgan fingerprint density at radius 3 is 2.72 bits per heavy atom. The Kier molecular flexibility index (Phi) is 5.26. The van der Waals surface area contributed by atoms with Crippen LogP contribution < -0.4 is 5.32 Å². The molecule has 2 amide bonds. The SMILES string of the molecule is COCCN1CCN(C(=O)Nc2ccccc2F)C2CS(=O)(=O)CC21. The molecule has 0 bridgehead atoms. The monoisotopic (exact) mass is 371 g/mol. The number of ether oxygens (including phenoxy) is 1. The first kappa shape index (κ1) is 18.1. The third-order valence-corrected chi connectivity index (χ3v) is 6.45. The lowest BCUT2D eigenvalue weighted by Crippen LogP contribution is -2.61. The molecule has 25 heavy (non-hydrogen) atoms. The maximum atomic E-state index is 13.8. The van der Waals surface area contributed by atoms with Crippen LogP contribution in [0.1, 0.15) is 0 Å². The molecule has 2 heterocycles. The second-order valence-electron chi connectivity index (χ2n) is 6.34. The van der Waals surface area contributed by atoms with Gasteiger partial charge in [-0.25, -0.2) is 17.6 Å². The lowest BCUT2D eigenvalue weighted by Gasteiger charge is -2.43. The minimum Gasteiger partial charge on any atom is -0.383 e. The summed E-state index contributed by atoms with van der Waals surface area (Å²) >= 11 is 0. The highest BCUT2D eigenvalue weighted by Gasteiger charge is 2.47. The van der Waals surface area contributed by atoms with Crippen molar-refractivity contribution in [1.82, 2.24) is 9.80 Å². The number of sulfone groups is 1. The van der Waals surface area contributed by atoms with Crippen molar-refractivity contribution < 1.29 is 22.3 Å². The fraction of sp³-hybridized carbons (Fsp3) is 0.562. The Morgan fingerprint density at radius 1 is 1.28 bits per heavy atom. The first-order valence-corrected chi connectivity index (χ1v) is 9.99. The number of rotatable bonds is 4. The van der Waals surface area contributed by atoms with Crippen molar-refractivity contribution in [2.45, 2.75) is 12.1 Å². The number of methoxy groups -OCH3 is 1. The summed E-state index contributed by atoms with van der Waals surface area (Å²) in [5.41, 5.74) is 0.0896. The van der Waals surface area contributed by atoms with Crippen LogP contribution >= 0.6 is 0 Å². The van der Waals surface area contributed by atoms with E-state index in [-0.39, 0.29) is 23.2 Å². The molecule has 2 atom stereocenters. The fourth-order valence-electron chi connectivity index (χ4n) is 3.51. The number of amides is 2. The molecule has 0 spiro atoms. The van der Waals surface area contributed by atoms with E-state index in [4.69, 9.17) is 4.74 Å². The number of carbonyl (C=O) groups excluding carboxylic acids is 1. The minimum atomic E-state index is -3.21. The van der Waals surface area contributed by atoms with Gasteiger partial charge in [0.25, 0.3) is 0 Å². The summed E-state index contributed by atoms with van der Waals surface area (Å²) in [5, 5.41) is 2.55. The zero-order chi connectivity index (χ0) is 18.0. The molecular weight excluding hydrogens is 349 g/mol. The summed E-state index contributed by atoms with van der Waals surface area (Å²) in [4.78, 5) is 16.2. The first-order valence-electron chi connectivity index (χ1n) is 8.17. The van der Waals surface area contributed by atoms with Gasteiger partial charge in [0.15, 0.2) is 9.84 Å². The fourth-order valence-corrected chi connectivity index (χ4v) is 5.52. The maximum absolute atomic E-state index is 13.8. The van der Waals surface area contributed by atoms with E-state index in [1.807, 2.05) is 0 Å². The molecule has 2 saturated heterocycles. The molecule has 1 aromatic rings. The summed E-state index contributed by atoms with van der Waals surface area (Å²) in [5.74, 6) is -0.554. The zero-order valence-electron chi connectivity index (χ0n) is 14.0. The number of hydrogen-bond acceptors (Lipinski definition) is 5. The van der Waals surface area contributed by atoms with Gasteiger partial charge in [-0.15, -0.1) is 0 Å². The molecule has 0 aromatic heterocycles. The van der Waals surface area contributed by atoms with Gasteiger partial charge in [0.2, 0.25) is 0 Å². The van der Waals surface area contributed by atoms with Crippen molar-refractivity contribution in [3.05, 3.63) is 30.1 Å². The molecule has 1 aromatic carbocycles. The second kappa shape index (κ2) is 7.27. The summed E-state index contributed by atoms with van der Waals surface area (Å²) in [7, 11) is -1.61. The zero-order valence-corrected chi connectivity index (χ0v) is 14.8. The lowest BCUT2D eigenvalue weighted by molar-refractivity contribution is 0.0499.